The zero-order valence-electron chi connectivity index (χ0n) is 15.7. The summed E-state index contributed by atoms with van der Waals surface area (Å²) < 4.78 is 0. The van der Waals surface area contributed by atoms with E-state index in [9.17, 15) is 4.79 Å². The molecule has 2 atom stereocenters. The van der Waals surface area contributed by atoms with E-state index in [0.717, 1.165) is 45.4 Å². The number of benzene rings is 1. The van der Waals surface area contributed by atoms with E-state index < -0.39 is 0 Å². The number of likely N-dealkylation sites (tertiary alicyclic amines) is 2. The third-order valence-corrected chi connectivity index (χ3v) is 5.69. The van der Waals surface area contributed by atoms with Crippen molar-refractivity contribution in [1.82, 2.24) is 9.80 Å². The summed E-state index contributed by atoms with van der Waals surface area (Å²) in [6, 6.07) is 7.24. The number of nitrogens with zero attached hydrogens (tertiary/aromatic N) is 2. The van der Waals surface area contributed by atoms with Crippen molar-refractivity contribution < 1.29 is 4.79 Å². The number of rotatable bonds is 4. The summed E-state index contributed by atoms with van der Waals surface area (Å²) in [7, 11) is 0. The molecule has 0 unspecified atom stereocenters. The van der Waals surface area contributed by atoms with E-state index >= 15 is 0 Å². The van der Waals surface area contributed by atoms with Gasteiger partial charge < -0.3 is 4.90 Å². The molecular formula is C21H32N2O. The van der Waals surface area contributed by atoms with Crippen LogP contribution in [0.5, 0.6) is 0 Å². The first-order valence-electron chi connectivity index (χ1n) is 9.52. The third kappa shape index (κ3) is 3.83. The standard InChI is InChI=1S/C21H32N2O/c1-15(2)12-23-20-9-10-22(13-18(20)7-8-21(23)24)14-19-11-16(3)5-6-17(19)4/h5-6,11,15,18,20H,7-10,12-14H2,1-4H3/t18-,20+/m1/s1. The van der Waals surface area contributed by atoms with Crippen molar-refractivity contribution in [2.75, 3.05) is 19.6 Å². The summed E-state index contributed by atoms with van der Waals surface area (Å²) in [5.41, 5.74) is 4.19. The van der Waals surface area contributed by atoms with Crippen LogP contribution in [0.4, 0.5) is 0 Å². The Morgan fingerprint density at radius 2 is 2.00 bits per heavy atom. The fourth-order valence-corrected chi connectivity index (χ4v) is 4.41. The molecule has 0 saturated carbocycles. The van der Waals surface area contributed by atoms with Gasteiger partial charge in [0.05, 0.1) is 0 Å². The van der Waals surface area contributed by atoms with Crippen molar-refractivity contribution in [3.63, 3.8) is 0 Å². The highest BCUT2D eigenvalue weighted by Crippen LogP contribution is 2.32. The molecule has 2 fully saturated rings. The Morgan fingerprint density at radius 1 is 1.21 bits per heavy atom. The van der Waals surface area contributed by atoms with E-state index in [1.165, 1.54) is 16.7 Å². The van der Waals surface area contributed by atoms with Crippen molar-refractivity contribution in [3.8, 4) is 0 Å². The Kier molecular flexibility index (Phi) is 5.29. The van der Waals surface area contributed by atoms with Gasteiger partial charge in [-0.05, 0) is 49.7 Å². The molecule has 132 valence electrons. The molecule has 1 aromatic carbocycles. The van der Waals surface area contributed by atoms with E-state index in [2.05, 4.69) is 55.7 Å². The molecule has 1 aromatic rings. The molecule has 3 heteroatoms. The van der Waals surface area contributed by atoms with Crippen LogP contribution in [0.1, 0.15) is 49.8 Å². The Balaban J connectivity index is 1.66. The lowest BCUT2D eigenvalue weighted by Crippen LogP contribution is -2.56. The average Bonchev–Trinajstić information content (AvgIpc) is 2.53. The second kappa shape index (κ2) is 7.26. The quantitative estimate of drug-likeness (QED) is 0.840. The minimum absolute atomic E-state index is 0.382. The Morgan fingerprint density at radius 3 is 2.75 bits per heavy atom. The molecule has 2 aliphatic heterocycles. The van der Waals surface area contributed by atoms with Gasteiger partial charge in [-0.15, -0.1) is 0 Å². The molecule has 2 heterocycles. The lowest BCUT2D eigenvalue weighted by Gasteiger charge is -2.47. The van der Waals surface area contributed by atoms with E-state index in [1.54, 1.807) is 0 Å². The van der Waals surface area contributed by atoms with Gasteiger partial charge in [0.25, 0.3) is 0 Å². The molecule has 0 spiro atoms. The van der Waals surface area contributed by atoms with Gasteiger partial charge in [0.2, 0.25) is 5.91 Å². The minimum Gasteiger partial charge on any atom is -0.339 e. The Hall–Kier alpha value is -1.35. The zero-order chi connectivity index (χ0) is 17.3. The van der Waals surface area contributed by atoms with Crippen LogP contribution in [0.2, 0.25) is 0 Å². The number of hydrogen-bond donors (Lipinski definition) is 0. The highest BCUT2D eigenvalue weighted by atomic mass is 16.2. The lowest BCUT2D eigenvalue weighted by molar-refractivity contribution is -0.142. The largest absolute Gasteiger partial charge is 0.339 e. The molecule has 0 bridgehead atoms. The van der Waals surface area contributed by atoms with Crippen molar-refractivity contribution in [2.24, 2.45) is 11.8 Å². The first-order valence-corrected chi connectivity index (χ1v) is 9.52. The molecule has 24 heavy (non-hydrogen) atoms. The number of hydrogen-bond acceptors (Lipinski definition) is 2. The molecule has 1 amide bonds. The fraction of sp³-hybridized carbons (Fsp3) is 0.667. The fourth-order valence-electron chi connectivity index (χ4n) is 4.41. The Bertz CT molecular complexity index is 596. The predicted octanol–water partition coefficient (Wildman–Crippen LogP) is 3.77. The summed E-state index contributed by atoms with van der Waals surface area (Å²) in [6.07, 6.45) is 2.95. The maximum atomic E-state index is 12.4. The molecule has 3 rings (SSSR count). The van der Waals surface area contributed by atoms with Gasteiger partial charge in [-0.2, -0.15) is 0 Å². The monoisotopic (exact) mass is 328 g/mol. The Labute approximate surface area is 147 Å². The van der Waals surface area contributed by atoms with Gasteiger partial charge >= 0.3 is 0 Å². The van der Waals surface area contributed by atoms with Crippen molar-refractivity contribution in [3.05, 3.63) is 34.9 Å². The molecule has 3 nitrogen and oxygen atoms in total. The summed E-state index contributed by atoms with van der Waals surface area (Å²) in [5.74, 6) is 1.59. The van der Waals surface area contributed by atoms with Gasteiger partial charge in [-0.3, -0.25) is 9.69 Å². The van der Waals surface area contributed by atoms with Gasteiger partial charge in [0, 0.05) is 38.6 Å². The molecule has 0 aliphatic carbocycles. The van der Waals surface area contributed by atoms with E-state index in [-0.39, 0.29) is 0 Å². The van der Waals surface area contributed by atoms with Gasteiger partial charge in [0.15, 0.2) is 0 Å². The molecule has 2 aliphatic rings. The van der Waals surface area contributed by atoms with Crippen molar-refractivity contribution >= 4 is 5.91 Å². The number of piperidine rings is 2. The van der Waals surface area contributed by atoms with Crippen LogP contribution in [0.3, 0.4) is 0 Å². The highest BCUT2D eigenvalue weighted by Gasteiger charge is 2.39. The number of aryl methyl sites for hydroxylation is 2. The molecule has 2 saturated heterocycles. The molecule has 0 N–H and O–H groups in total. The number of carbonyl (C=O) groups excluding carboxylic acids is 1. The maximum absolute atomic E-state index is 12.4. The van der Waals surface area contributed by atoms with Gasteiger partial charge in [0.1, 0.15) is 0 Å². The van der Waals surface area contributed by atoms with Gasteiger partial charge in [-0.25, -0.2) is 0 Å². The normalized spacial score (nSPS) is 25.2. The van der Waals surface area contributed by atoms with E-state index in [0.29, 0.717) is 23.8 Å². The average molecular weight is 329 g/mol. The number of amides is 1. The second-order valence-electron chi connectivity index (χ2n) is 8.26. The highest BCUT2D eigenvalue weighted by molar-refractivity contribution is 5.77. The topological polar surface area (TPSA) is 23.6 Å². The summed E-state index contributed by atoms with van der Waals surface area (Å²) in [4.78, 5) is 17.2. The SMILES string of the molecule is Cc1ccc(C)c(CN2CC[C@H]3[C@H](CCC(=O)N3CC(C)C)C2)c1. The van der Waals surface area contributed by atoms with Crippen LogP contribution in [-0.2, 0) is 11.3 Å². The third-order valence-electron chi connectivity index (χ3n) is 5.69. The van der Waals surface area contributed by atoms with E-state index in [4.69, 9.17) is 0 Å². The summed E-state index contributed by atoms with van der Waals surface area (Å²) in [6.45, 7) is 13.0. The first-order chi connectivity index (χ1) is 11.4. The van der Waals surface area contributed by atoms with Crippen LogP contribution < -0.4 is 0 Å². The first kappa shape index (κ1) is 17.5. The minimum atomic E-state index is 0.382. The molecule has 0 aromatic heterocycles. The van der Waals surface area contributed by atoms with Crippen LogP contribution in [0.25, 0.3) is 0 Å². The number of carbonyl (C=O) groups is 1. The van der Waals surface area contributed by atoms with E-state index in [1.807, 2.05) is 0 Å². The molecule has 0 radical (unpaired) electrons. The van der Waals surface area contributed by atoms with Gasteiger partial charge in [-0.1, -0.05) is 37.6 Å². The van der Waals surface area contributed by atoms with Crippen molar-refractivity contribution in [1.29, 1.82) is 0 Å². The van der Waals surface area contributed by atoms with Crippen LogP contribution in [0.15, 0.2) is 18.2 Å². The zero-order valence-corrected chi connectivity index (χ0v) is 15.7. The second-order valence-corrected chi connectivity index (χ2v) is 8.26. The lowest BCUT2D eigenvalue weighted by atomic mass is 9.83. The predicted molar refractivity (Wildman–Crippen MR) is 98.9 cm³/mol. The van der Waals surface area contributed by atoms with Crippen LogP contribution >= 0.6 is 0 Å². The maximum Gasteiger partial charge on any atom is 0.222 e. The van der Waals surface area contributed by atoms with Crippen LogP contribution in [0, 0.1) is 25.7 Å². The van der Waals surface area contributed by atoms with Crippen molar-refractivity contribution in [2.45, 2.75) is 59.5 Å². The summed E-state index contributed by atoms with van der Waals surface area (Å²) in [5, 5.41) is 0. The number of fused-ring (bicyclic) bond motifs is 1. The molecular weight excluding hydrogens is 296 g/mol. The smallest absolute Gasteiger partial charge is 0.222 e. The summed E-state index contributed by atoms with van der Waals surface area (Å²) >= 11 is 0. The van der Waals surface area contributed by atoms with Crippen LogP contribution in [-0.4, -0.2) is 41.4 Å².